The van der Waals surface area contributed by atoms with Crippen LogP contribution in [0.5, 0.6) is 17.2 Å². The van der Waals surface area contributed by atoms with E-state index in [0.29, 0.717) is 26.7 Å². The summed E-state index contributed by atoms with van der Waals surface area (Å²) in [5.74, 6) is -0.00684. The maximum absolute atomic E-state index is 11.9. The Labute approximate surface area is 141 Å². The zero-order valence-corrected chi connectivity index (χ0v) is 14.6. The Morgan fingerprint density at radius 2 is 1.70 bits per heavy atom. The van der Waals surface area contributed by atoms with Gasteiger partial charge in [0.15, 0.2) is 11.5 Å². The van der Waals surface area contributed by atoms with Crippen LogP contribution < -0.4 is 14.2 Å². The Balaban J connectivity index is 2.91. The van der Waals surface area contributed by atoms with E-state index in [1.807, 2.05) is 0 Å². The minimum Gasteiger partial charge on any atom is -0.493 e. The number of fused-ring (bicyclic) bond motifs is 1. The lowest BCUT2D eigenvalue weighted by molar-refractivity contribution is -0.131. The summed E-state index contributed by atoms with van der Waals surface area (Å²) in [6.45, 7) is 1.28. The number of esters is 2. The fraction of sp³-hybridized carbons (Fsp3) is 0.250. The van der Waals surface area contributed by atoms with E-state index >= 15 is 0 Å². The second-order valence-corrected chi connectivity index (χ2v) is 5.43. The molecule has 2 aromatic carbocycles. The van der Waals surface area contributed by atoms with Gasteiger partial charge in [-0.05, 0) is 18.2 Å². The second-order valence-electron chi connectivity index (χ2n) is 4.58. The fourth-order valence-corrected chi connectivity index (χ4v) is 2.77. The molecule has 2 rings (SSSR count). The van der Waals surface area contributed by atoms with E-state index in [1.54, 1.807) is 12.1 Å². The van der Waals surface area contributed by atoms with Gasteiger partial charge in [-0.25, -0.2) is 4.79 Å². The maximum Gasteiger partial charge on any atom is 0.338 e. The van der Waals surface area contributed by atoms with Crippen molar-refractivity contribution in [3.8, 4) is 17.2 Å². The molecule has 122 valence electrons. The second kappa shape index (κ2) is 6.87. The highest BCUT2D eigenvalue weighted by molar-refractivity contribution is 9.10. The van der Waals surface area contributed by atoms with Crippen LogP contribution >= 0.6 is 15.9 Å². The highest BCUT2D eigenvalue weighted by Gasteiger charge is 2.21. The van der Waals surface area contributed by atoms with Gasteiger partial charge in [0.2, 0.25) is 0 Å². The molecule has 0 amide bonds. The van der Waals surface area contributed by atoms with Crippen LogP contribution in [0.25, 0.3) is 10.8 Å². The highest BCUT2D eigenvalue weighted by atomic mass is 79.9. The monoisotopic (exact) mass is 382 g/mol. The fourth-order valence-electron chi connectivity index (χ4n) is 2.24. The molecule has 0 aliphatic rings. The van der Waals surface area contributed by atoms with Crippen molar-refractivity contribution in [3.63, 3.8) is 0 Å². The third kappa shape index (κ3) is 3.24. The zero-order chi connectivity index (χ0) is 17.1. The number of methoxy groups -OCH3 is 3. The van der Waals surface area contributed by atoms with E-state index in [0.717, 1.165) is 0 Å². The molecule has 7 heteroatoms. The Morgan fingerprint density at radius 3 is 2.22 bits per heavy atom. The summed E-state index contributed by atoms with van der Waals surface area (Å²) in [5, 5.41) is 1.14. The number of halogens is 1. The van der Waals surface area contributed by atoms with Gasteiger partial charge in [-0.15, -0.1) is 0 Å². The Hall–Kier alpha value is -2.28. The van der Waals surface area contributed by atoms with Crippen LogP contribution in [0.4, 0.5) is 0 Å². The quantitative estimate of drug-likeness (QED) is 0.596. The van der Waals surface area contributed by atoms with Crippen molar-refractivity contribution in [3.05, 3.63) is 28.2 Å². The van der Waals surface area contributed by atoms with Crippen LogP contribution in [0.15, 0.2) is 22.7 Å². The van der Waals surface area contributed by atoms with Crippen LogP contribution in [0.1, 0.15) is 17.3 Å². The first-order valence-corrected chi connectivity index (χ1v) is 7.37. The standard InChI is InChI=1S/C16H15BrO6/c1-8(18)23-12-6-9(16(19)22-4)5-10-11(17)7-13(20-2)15(21-3)14(10)12/h5-7H,1-4H3. The first-order chi connectivity index (χ1) is 10.9. The number of carbonyl (C=O) groups is 2. The summed E-state index contributed by atoms with van der Waals surface area (Å²) < 4.78 is 21.3. The summed E-state index contributed by atoms with van der Waals surface area (Å²) in [4.78, 5) is 23.3. The lowest BCUT2D eigenvalue weighted by atomic mass is 10.0. The minimum atomic E-state index is -0.540. The Bertz CT molecular complexity index is 784. The zero-order valence-electron chi connectivity index (χ0n) is 13.1. The van der Waals surface area contributed by atoms with E-state index in [1.165, 1.54) is 34.3 Å². The summed E-state index contributed by atoms with van der Waals surface area (Å²) in [6.07, 6.45) is 0. The van der Waals surface area contributed by atoms with Crippen LogP contribution in [0.2, 0.25) is 0 Å². The predicted molar refractivity (Wildman–Crippen MR) is 87.4 cm³/mol. The maximum atomic E-state index is 11.9. The average molecular weight is 383 g/mol. The van der Waals surface area contributed by atoms with Crippen LogP contribution in [0.3, 0.4) is 0 Å². The first kappa shape index (κ1) is 17.1. The first-order valence-electron chi connectivity index (χ1n) is 6.57. The van der Waals surface area contributed by atoms with Gasteiger partial charge in [0.05, 0.1) is 32.3 Å². The molecule has 0 aliphatic heterocycles. The van der Waals surface area contributed by atoms with Crippen molar-refractivity contribution in [2.45, 2.75) is 6.92 Å². The molecule has 0 fully saturated rings. The molecular weight excluding hydrogens is 368 g/mol. The molecule has 0 N–H and O–H groups in total. The molecule has 0 saturated carbocycles. The van der Waals surface area contributed by atoms with Crippen molar-refractivity contribution >= 4 is 38.6 Å². The molecule has 0 spiro atoms. The lowest BCUT2D eigenvalue weighted by Crippen LogP contribution is -2.06. The van der Waals surface area contributed by atoms with Gasteiger partial charge in [-0.2, -0.15) is 0 Å². The van der Waals surface area contributed by atoms with Gasteiger partial charge < -0.3 is 18.9 Å². The summed E-state index contributed by atoms with van der Waals surface area (Å²) in [7, 11) is 4.27. The SMILES string of the molecule is COC(=O)c1cc(OC(C)=O)c2c(OC)c(OC)cc(Br)c2c1. The largest absolute Gasteiger partial charge is 0.493 e. The molecule has 2 aromatic rings. The molecule has 23 heavy (non-hydrogen) atoms. The van der Waals surface area contributed by atoms with Crippen molar-refractivity contribution in [2.75, 3.05) is 21.3 Å². The number of hydrogen-bond donors (Lipinski definition) is 0. The summed E-state index contributed by atoms with van der Waals surface area (Å²) >= 11 is 3.43. The number of benzene rings is 2. The van der Waals surface area contributed by atoms with E-state index in [2.05, 4.69) is 15.9 Å². The number of ether oxygens (including phenoxy) is 4. The normalized spacial score (nSPS) is 10.3. The molecule has 0 heterocycles. The van der Waals surface area contributed by atoms with Gasteiger partial charge in [-0.1, -0.05) is 15.9 Å². The minimum absolute atomic E-state index is 0.187. The number of carbonyl (C=O) groups excluding carboxylic acids is 2. The molecule has 0 aliphatic carbocycles. The van der Waals surface area contributed by atoms with Crippen molar-refractivity contribution in [1.82, 2.24) is 0 Å². The Morgan fingerprint density at radius 1 is 1.00 bits per heavy atom. The third-order valence-corrected chi connectivity index (χ3v) is 3.82. The number of rotatable bonds is 4. The number of hydrogen-bond acceptors (Lipinski definition) is 6. The van der Waals surface area contributed by atoms with Crippen LogP contribution in [-0.4, -0.2) is 33.3 Å². The third-order valence-electron chi connectivity index (χ3n) is 3.17. The van der Waals surface area contributed by atoms with Crippen molar-refractivity contribution in [2.24, 2.45) is 0 Å². The van der Waals surface area contributed by atoms with Crippen molar-refractivity contribution < 1.29 is 28.5 Å². The molecular formula is C16H15BrO6. The summed E-state index contributed by atoms with van der Waals surface area (Å²) in [5.41, 5.74) is 0.254. The lowest BCUT2D eigenvalue weighted by Gasteiger charge is -2.16. The van der Waals surface area contributed by atoms with E-state index < -0.39 is 11.9 Å². The average Bonchev–Trinajstić information content (AvgIpc) is 2.53. The van der Waals surface area contributed by atoms with E-state index in [-0.39, 0.29) is 11.3 Å². The smallest absolute Gasteiger partial charge is 0.338 e. The Kier molecular flexibility index (Phi) is 5.10. The van der Waals surface area contributed by atoms with Gasteiger partial charge in [0, 0.05) is 16.8 Å². The molecule has 0 radical (unpaired) electrons. The van der Waals surface area contributed by atoms with Crippen LogP contribution in [0, 0.1) is 0 Å². The van der Waals surface area contributed by atoms with Gasteiger partial charge in [-0.3, -0.25) is 4.79 Å². The molecule has 0 bridgehead atoms. The van der Waals surface area contributed by atoms with Crippen LogP contribution in [-0.2, 0) is 9.53 Å². The molecule has 0 atom stereocenters. The van der Waals surface area contributed by atoms with Gasteiger partial charge >= 0.3 is 11.9 Å². The van der Waals surface area contributed by atoms with Gasteiger partial charge in [0.1, 0.15) is 5.75 Å². The van der Waals surface area contributed by atoms with Crippen molar-refractivity contribution in [1.29, 1.82) is 0 Å². The topological polar surface area (TPSA) is 71.1 Å². The van der Waals surface area contributed by atoms with E-state index in [4.69, 9.17) is 18.9 Å². The van der Waals surface area contributed by atoms with Gasteiger partial charge in [0.25, 0.3) is 0 Å². The summed E-state index contributed by atoms with van der Waals surface area (Å²) in [6, 6.07) is 4.77. The van der Waals surface area contributed by atoms with E-state index in [9.17, 15) is 9.59 Å². The molecule has 6 nitrogen and oxygen atoms in total. The highest BCUT2D eigenvalue weighted by Crippen LogP contribution is 2.45. The molecule has 0 saturated heterocycles. The molecule has 0 aromatic heterocycles. The predicted octanol–water partition coefficient (Wildman–Crippen LogP) is 3.33. The molecule has 0 unspecified atom stereocenters.